The van der Waals surface area contributed by atoms with Gasteiger partial charge in [0.25, 0.3) is 0 Å². The normalized spacial score (nSPS) is 16.0. The molecule has 5 heteroatoms. The van der Waals surface area contributed by atoms with Crippen molar-refractivity contribution < 1.29 is 0 Å². The summed E-state index contributed by atoms with van der Waals surface area (Å²) in [5.41, 5.74) is 8.62. The Morgan fingerprint density at radius 2 is 1.83 bits per heavy atom. The van der Waals surface area contributed by atoms with Gasteiger partial charge in [0.2, 0.25) is 0 Å². The topological polar surface area (TPSA) is 53.6 Å². The quantitative estimate of drug-likeness (QED) is 0.381. The van der Waals surface area contributed by atoms with E-state index in [4.69, 9.17) is 5.73 Å². The molecule has 0 bridgehead atoms. The third kappa shape index (κ3) is 7.38. The van der Waals surface area contributed by atoms with Gasteiger partial charge >= 0.3 is 0 Å². The molecule has 0 unspecified atom stereocenters. The Kier molecular flexibility index (Phi) is 10.3. The van der Waals surface area contributed by atoms with Crippen LogP contribution in [0.2, 0.25) is 0 Å². The fraction of sp³-hybridized carbons (Fsp3) is 0.632. The summed E-state index contributed by atoms with van der Waals surface area (Å²) in [6.07, 6.45) is 6.40. The molecule has 1 aliphatic carbocycles. The fourth-order valence-corrected chi connectivity index (χ4v) is 3.21. The number of hydrogen-bond acceptors (Lipinski definition) is 2. The minimum Gasteiger partial charge on any atom is -0.370 e. The van der Waals surface area contributed by atoms with E-state index in [2.05, 4.69) is 53.3 Å². The molecule has 0 heterocycles. The highest BCUT2D eigenvalue weighted by Gasteiger charge is 2.13. The molecule has 0 radical (unpaired) electrons. The van der Waals surface area contributed by atoms with Crippen molar-refractivity contribution in [1.29, 1.82) is 0 Å². The lowest BCUT2D eigenvalue weighted by molar-refractivity contribution is 0.296. The second-order valence-corrected chi connectivity index (χ2v) is 6.46. The standard InChI is InChI=1S/C19H32N4.HI/c1-3-23(4-2)15-17-10-8-9-16(13-17)14-21-19(20)22-18-11-6-5-7-12-18;/h8-10,13,18H,3-7,11-12,14-15H2,1-2H3,(H3,20,21,22);1H. The van der Waals surface area contributed by atoms with Gasteiger partial charge in [-0.25, -0.2) is 4.99 Å². The fourth-order valence-electron chi connectivity index (χ4n) is 3.21. The first kappa shape index (κ1) is 21.2. The Bertz CT molecular complexity index is 494. The number of guanidine groups is 1. The van der Waals surface area contributed by atoms with E-state index in [1.807, 2.05) is 0 Å². The summed E-state index contributed by atoms with van der Waals surface area (Å²) in [5, 5.41) is 3.37. The van der Waals surface area contributed by atoms with Crippen LogP contribution in [-0.2, 0) is 13.1 Å². The molecule has 0 aromatic heterocycles. The van der Waals surface area contributed by atoms with Gasteiger partial charge in [-0.2, -0.15) is 0 Å². The second-order valence-electron chi connectivity index (χ2n) is 6.46. The monoisotopic (exact) mass is 444 g/mol. The Hall–Kier alpha value is -0.820. The van der Waals surface area contributed by atoms with Gasteiger partial charge in [0.05, 0.1) is 6.54 Å². The largest absolute Gasteiger partial charge is 0.370 e. The molecule has 1 fully saturated rings. The maximum Gasteiger partial charge on any atom is 0.189 e. The van der Waals surface area contributed by atoms with Crippen LogP contribution in [0.15, 0.2) is 29.3 Å². The van der Waals surface area contributed by atoms with E-state index >= 15 is 0 Å². The van der Waals surface area contributed by atoms with Crippen molar-refractivity contribution in [3.05, 3.63) is 35.4 Å². The molecule has 24 heavy (non-hydrogen) atoms. The summed E-state index contributed by atoms with van der Waals surface area (Å²) in [6, 6.07) is 9.20. The number of hydrogen-bond donors (Lipinski definition) is 2. The maximum atomic E-state index is 6.04. The van der Waals surface area contributed by atoms with E-state index in [1.165, 1.54) is 43.2 Å². The highest BCUT2D eigenvalue weighted by Crippen LogP contribution is 2.17. The molecule has 136 valence electrons. The number of benzene rings is 1. The molecular formula is C19H33IN4. The molecule has 0 spiro atoms. The third-order valence-corrected chi connectivity index (χ3v) is 4.68. The molecule has 0 saturated heterocycles. The van der Waals surface area contributed by atoms with Crippen LogP contribution in [0.4, 0.5) is 0 Å². The number of rotatable bonds is 7. The van der Waals surface area contributed by atoms with Crippen LogP contribution in [-0.4, -0.2) is 30.0 Å². The van der Waals surface area contributed by atoms with Crippen LogP contribution in [0.3, 0.4) is 0 Å². The summed E-state index contributed by atoms with van der Waals surface area (Å²) < 4.78 is 0. The lowest BCUT2D eigenvalue weighted by atomic mass is 9.96. The van der Waals surface area contributed by atoms with Crippen molar-refractivity contribution in [2.75, 3.05) is 13.1 Å². The highest BCUT2D eigenvalue weighted by atomic mass is 127. The van der Waals surface area contributed by atoms with Crippen LogP contribution < -0.4 is 11.1 Å². The zero-order valence-electron chi connectivity index (χ0n) is 15.1. The first-order valence-electron chi connectivity index (χ1n) is 9.08. The van der Waals surface area contributed by atoms with E-state index in [0.29, 0.717) is 18.5 Å². The van der Waals surface area contributed by atoms with Crippen molar-refractivity contribution in [3.63, 3.8) is 0 Å². The zero-order valence-corrected chi connectivity index (χ0v) is 17.5. The van der Waals surface area contributed by atoms with Gasteiger partial charge in [0.1, 0.15) is 0 Å². The number of nitrogens with one attached hydrogen (secondary N) is 1. The molecule has 0 amide bonds. The molecule has 0 aliphatic heterocycles. The van der Waals surface area contributed by atoms with Crippen LogP contribution in [0, 0.1) is 0 Å². The Morgan fingerprint density at radius 3 is 2.50 bits per heavy atom. The molecule has 3 N–H and O–H groups in total. The second kappa shape index (κ2) is 11.7. The van der Waals surface area contributed by atoms with Crippen LogP contribution in [0.25, 0.3) is 0 Å². The molecule has 1 saturated carbocycles. The summed E-state index contributed by atoms with van der Waals surface area (Å²) in [4.78, 5) is 6.94. The Morgan fingerprint density at radius 1 is 1.17 bits per heavy atom. The van der Waals surface area contributed by atoms with E-state index in [0.717, 1.165) is 19.6 Å². The van der Waals surface area contributed by atoms with Gasteiger partial charge in [-0.05, 0) is 37.1 Å². The maximum absolute atomic E-state index is 6.04. The Balaban J connectivity index is 0.00000288. The summed E-state index contributed by atoms with van der Waals surface area (Å²) in [7, 11) is 0. The molecular weight excluding hydrogens is 411 g/mol. The smallest absolute Gasteiger partial charge is 0.189 e. The summed E-state index contributed by atoms with van der Waals surface area (Å²) in [5.74, 6) is 0.589. The van der Waals surface area contributed by atoms with E-state index < -0.39 is 0 Å². The molecule has 1 aromatic carbocycles. The zero-order chi connectivity index (χ0) is 16.5. The van der Waals surface area contributed by atoms with E-state index in [1.54, 1.807) is 0 Å². The molecule has 4 nitrogen and oxygen atoms in total. The first-order valence-corrected chi connectivity index (χ1v) is 9.08. The average Bonchev–Trinajstić information content (AvgIpc) is 2.59. The van der Waals surface area contributed by atoms with Crippen LogP contribution in [0.1, 0.15) is 57.1 Å². The van der Waals surface area contributed by atoms with Gasteiger partial charge in [-0.3, -0.25) is 4.90 Å². The summed E-state index contributed by atoms with van der Waals surface area (Å²) in [6.45, 7) is 8.22. The van der Waals surface area contributed by atoms with Crippen molar-refractivity contribution in [1.82, 2.24) is 10.2 Å². The SMILES string of the molecule is CCN(CC)Cc1cccc(CN=C(N)NC2CCCCC2)c1.I. The van der Waals surface area contributed by atoms with Gasteiger partial charge in [0, 0.05) is 12.6 Å². The third-order valence-electron chi connectivity index (χ3n) is 4.68. The van der Waals surface area contributed by atoms with E-state index in [-0.39, 0.29) is 24.0 Å². The highest BCUT2D eigenvalue weighted by molar-refractivity contribution is 14.0. The predicted octanol–water partition coefficient (Wildman–Crippen LogP) is 3.88. The van der Waals surface area contributed by atoms with Gasteiger partial charge in [-0.1, -0.05) is 57.4 Å². The van der Waals surface area contributed by atoms with Gasteiger partial charge in [-0.15, -0.1) is 24.0 Å². The molecule has 1 aliphatic rings. The number of nitrogens with two attached hydrogens (primary N) is 1. The lowest BCUT2D eigenvalue weighted by Crippen LogP contribution is -2.41. The Labute approximate surface area is 164 Å². The van der Waals surface area contributed by atoms with Crippen molar-refractivity contribution >= 4 is 29.9 Å². The number of aliphatic imine (C=N–C) groups is 1. The number of nitrogens with zero attached hydrogens (tertiary/aromatic N) is 2. The first-order chi connectivity index (χ1) is 11.2. The summed E-state index contributed by atoms with van der Waals surface area (Å²) >= 11 is 0. The van der Waals surface area contributed by atoms with Crippen LogP contribution >= 0.6 is 24.0 Å². The molecule has 0 atom stereocenters. The predicted molar refractivity (Wildman–Crippen MR) is 114 cm³/mol. The number of halogens is 1. The van der Waals surface area contributed by atoms with E-state index in [9.17, 15) is 0 Å². The minimum atomic E-state index is 0. The lowest BCUT2D eigenvalue weighted by Gasteiger charge is -2.23. The molecule has 1 aromatic rings. The van der Waals surface area contributed by atoms with Crippen molar-refractivity contribution in [2.24, 2.45) is 10.7 Å². The average molecular weight is 444 g/mol. The van der Waals surface area contributed by atoms with Crippen LogP contribution in [0.5, 0.6) is 0 Å². The minimum absolute atomic E-state index is 0. The van der Waals surface area contributed by atoms with Crippen molar-refractivity contribution in [2.45, 2.75) is 65.1 Å². The van der Waals surface area contributed by atoms with Gasteiger partial charge < -0.3 is 11.1 Å². The van der Waals surface area contributed by atoms with Gasteiger partial charge in [0.15, 0.2) is 5.96 Å². The molecule has 2 rings (SSSR count). The van der Waals surface area contributed by atoms with Crippen molar-refractivity contribution in [3.8, 4) is 0 Å².